The minimum atomic E-state index is -3.83. The molecule has 0 heterocycles. The molecule has 2 rings (SSSR count). The van der Waals surface area contributed by atoms with Gasteiger partial charge in [-0.2, -0.15) is 0 Å². The number of anilines is 2. The van der Waals surface area contributed by atoms with Crippen LogP contribution in [0.5, 0.6) is 5.75 Å². The van der Waals surface area contributed by atoms with Gasteiger partial charge in [-0.3, -0.25) is 9.52 Å². The molecule has 0 radical (unpaired) electrons. The Balaban J connectivity index is 2.06. The van der Waals surface area contributed by atoms with Crippen LogP contribution in [0.2, 0.25) is 0 Å². The maximum Gasteiger partial charge on any atom is 0.344 e. The van der Waals surface area contributed by atoms with Gasteiger partial charge in [-0.15, -0.1) is 0 Å². The third-order valence-corrected chi connectivity index (χ3v) is 4.63. The molecule has 0 aromatic heterocycles. The summed E-state index contributed by atoms with van der Waals surface area (Å²) < 4.78 is 37.4. The molecular weight excluding hydrogens is 372 g/mol. The van der Waals surface area contributed by atoms with Crippen LogP contribution in [0.15, 0.2) is 53.4 Å². The molecule has 0 aliphatic rings. The van der Waals surface area contributed by atoms with E-state index in [9.17, 15) is 18.0 Å². The first-order chi connectivity index (χ1) is 12.8. The molecule has 0 aliphatic carbocycles. The van der Waals surface area contributed by atoms with Gasteiger partial charge in [0.15, 0.2) is 6.61 Å². The van der Waals surface area contributed by atoms with Crippen molar-refractivity contribution in [3.05, 3.63) is 48.5 Å². The van der Waals surface area contributed by atoms with Crippen molar-refractivity contribution in [2.75, 3.05) is 23.3 Å². The zero-order chi connectivity index (χ0) is 19.9. The standard InChI is InChI=1S/C18H20N2O6S/c1-3-25-18(22)12-26-16-7-9-17(10-8-16)27(23,24)20-15-6-4-5-14(11-15)19-13(2)21/h4-11,20H,3,12H2,1-2H3,(H,19,21). The summed E-state index contributed by atoms with van der Waals surface area (Å²) in [6.07, 6.45) is 0. The lowest BCUT2D eigenvalue weighted by molar-refractivity contribution is -0.145. The average molecular weight is 392 g/mol. The van der Waals surface area contributed by atoms with Crippen molar-refractivity contribution in [1.29, 1.82) is 0 Å². The summed E-state index contributed by atoms with van der Waals surface area (Å²) in [6.45, 7) is 3.06. The van der Waals surface area contributed by atoms with Gasteiger partial charge in [-0.05, 0) is 49.4 Å². The third-order valence-electron chi connectivity index (χ3n) is 3.23. The van der Waals surface area contributed by atoms with Gasteiger partial charge in [0.25, 0.3) is 10.0 Å². The Morgan fingerprint density at radius 2 is 1.70 bits per heavy atom. The molecule has 0 spiro atoms. The van der Waals surface area contributed by atoms with Crippen molar-refractivity contribution >= 4 is 33.3 Å². The minimum Gasteiger partial charge on any atom is -0.482 e. The predicted molar refractivity (Wildman–Crippen MR) is 100 cm³/mol. The number of hydrogen-bond donors (Lipinski definition) is 2. The number of benzene rings is 2. The lowest BCUT2D eigenvalue weighted by Gasteiger charge is -2.11. The van der Waals surface area contributed by atoms with E-state index in [1.807, 2.05) is 0 Å². The summed E-state index contributed by atoms with van der Waals surface area (Å²) in [5, 5.41) is 2.58. The average Bonchev–Trinajstić information content (AvgIpc) is 2.60. The normalized spacial score (nSPS) is 10.7. The van der Waals surface area contributed by atoms with Crippen molar-refractivity contribution in [3.8, 4) is 5.75 Å². The molecule has 0 aliphatic heterocycles. The Morgan fingerprint density at radius 3 is 2.33 bits per heavy atom. The molecule has 2 N–H and O–H groups in total. The van der Waals surface area contributed by atoms with E-state index in [1.165, 1.54) is 37.3 Å². The number of rotatable bonds is 8. The lowest BCUT2D eigenvalue weighted by Crippen LogP contribution is -2.15. The number of carbonyl (C=O) groups is 2. The molecule has 2 aromatic rings. The van der Waals surface area contributed by atoms with E-state index in [2.05, 4.69) is 10.0 Å². The van der Waals surface area contributed by atoms with Gasteiger partial charge in [0.05, 0.1) is 17.2 Å². The van der Waals surface area contributed by atoms with Gasteiger partial charge >= 0.3 is 5.97 Å². The maximum absolute atomic E-state index is 12.5. The van der Waals surface area contributed by atoms with Crippen LogP contribution in [0.4, 0.5) is 11.4 Å². The number of sulfonamides is 1. The molecule has 0 atom stereocenters. The van der Waals surface area contributed by atoms with Crippen molar-refractivity contribution in [3.63, 3.8) is 0 Å². The summed E-state index contributed by atoms with van der Waals surface area (Å²) in [5.41, 5.74) is 0.786. The molecule has 0 saturated heterocycles. The molecule has 0 unspecified atom stereocenters. The van der Waals surface area contributed by atoms with E-state index in [4.69, 9.17) is 9.47 Å². The number of nitrogens with one attached hydrogen (secondary N) is 2. The Kier molecular flexibility index (Phi) is 6.78. The molecule has 1 amide bonds. The van der Waals surface area contributed by atoms with E-state index in [-0.39, 0.29) is 24.0 Å². The first-order valence-electron chi connectivity index (χ1n) is 8.09. The highest BCUT2D eigenvalue weighted by Gasteiger charge is 2.15. The van der Waals surface area contributed by atoms with Crippen LogP contribution in [0.25, 0.3) is 0 Å². The Hall–Kier alpha value is -3.07. The molecular formula is C18H20N2O6S. The van der Waals surface area contributed by atoms with Crippen LogP contribution in [0, 0.1) is 0 Å². The minimum absolute atomic E-state index is 0.0240. The van der Waals surface area contributed by atoms with Crippen LogP contribution in [-0.4, -0.2) is 33.5 Å². The molecule has 0 saturated carbocycles. The van der Waals surface area contributed by atoms with Gasteiger partial charge in [0, 0.05) is 12.6 Å². The van der Waals surface area contributed by atoms with Crippen molar-refractivity contribution in [1.82, 2.24) is 0 Å². The van der Waals surface area contributed by atoms with E-state index < -0.39 is 16.0 Å². The van der Waals surface area contributed by atoms with Crippen LogP contribution >= 0.6 is 0 Å². The Labute approximate surface area is 157 Å². The zero-order valence-electron chi connectivity index (χ0n) is 14.9. The van der Waals surface area contributed by atoms with Gasteiger partial charge < -0.3 is 14.8 Å². The smallest absolute Gasteiger partial charge is 0.344 e. The number of amides is 1. The third kappa shape index (κ3) is 6.30. The fourth-order valence-electron chi connectivity index (χ4n) is 2.14. The fraction of sp³-hybridized carbons (Fsp3) is 0.222. The van der Waals surface area contributed by atoms with Gasteiger partial charge in [-0.25, -0.2) is 13.2 Å². The topological polar surface area (TPSA) is 111 Å². The first-order valence-corrected chi connectivity index (χ1v) is 9.57. The number of ether oxygens (including phenoxy) is 2. The van der Waals surface area contributed by atoms with Crippen LogP contribution in [-0.2, 0) is 24.3 Å². The summed E-state index contributed by atoms with van der Waals surface area (Å²) in [4.78, 5) is 22.4. The molecule has 0 fully saturated rings. The van der Waals surface area contributed by atoms with E-state index in [1.54, 1.807) is 25.1 Å². The second-order valence-electron chi connectivity index (χ2n) is 5.43. The Morgan fingerprint density at radius 1 is 1.04 bits per heavy atom. The predicted octanol–water partition coefficient (Wildman–Crippen LogP) is 2.39. The molecule has 0 bridgehead atoms. The number of carbonyl (C=O) groups excluding carboxylic acids is 2. The van der Waals surface area contributed by atoms with Crippen molar-refractivity contribution < 1.29 is 27.5 Å². The molecule has 9 heteroatoms. The van der Waals surface area contributed by atoms with Crippen molar-refractivity contribution in [2.24, 2.45) is 0 Å². The highest BCUT2D eigenvalue weighted by molar-refractivity contribution is 7.92. The molecule has 2 aromatic carbocycles. The fourth-order valence-corrected chi connectivity index (χ4v) is 3.19. The largest absolute Gasteiger partial charge is 0.482 e. The second-order valence-corrected chi connectivity index (χ2v) is 7.11. The van der Waals surface area contributed by atoms with E-state index in [0.717, 1.165) is 0 Å². The highest BCUT2D eigenvalue weighted by Crippen LogP contribution is 2.21. The van der Waals surface area contributed by atoms with Crippen molar-refractivity contribution in [2.45, 2.75) is 18.7 Å². The second kappa shape index (κ2) is 9.04. The summed E-state index contributed by atoms with van der Waals surface area (Å²) in [5.74, 6) is -0.419. The van der Waals surface area contributed by atoms with Crippen LogP contribution < -0.4 is 14.8 Å². The first kappa shape index (κ1) is 20.2. The van der Waals surface area contributed by atoms with Crippen LogP contribution in [0.3, 0.4) is 0 Å². The van der Waals surface area contributed by atoms with Gasteiger partial charge in [0.1, 0.15) is 5.75 Å². The number of hydrogen-bond acceptors (Lipinski definition) is 6. The summed E-state index contributed by atoms with van der Waals surface area (Å²) >= 11 is 0. The summed E-state index contributed by atoms with van der Waals surface area (Å²) in [7, 11) is -3.83. The molecule has 144 valence electrons. The quantitative estimate of drug-likeness (QED) is 0.668. The molecule has 8 nitrogen and oxygen atoms in total. The SMILES string of the molecule is CCOC(=O)COc1ccc(S(=O)(=O)Nc2cccc(NC(C)=O)c2)cc1. The van der Waals surface area contributed by atoms with Crippen LogP contribution in [0.1, 0.15) is 13.8 Å². The highest BCUT2D eigenvalue weighted by atomic mass is 32.2. The van der Waals surface area contributed by atoms with E-state index >= 15 is 0 Å². The maximum atomic E-state index is 12.5. The monoisotopic (exact) mass is 392 g/mol. The Bertz CT molecular complexity index is 910. The van der Waals surface area contributed by atoms with E-state index in [0.29, 0.717) is 17.1 Å². The zero-order valence-corrected chi connectivity index (χ0v) is 15.7. The van der Waals surface area contributed by atoms with Gasteiger partial charge in [-0.1, -0.05) is 6.07 Å². The van der Waals surface area contributed by atoms with Gasteiger partial charge in [0.2, 0.25) is 5.91 Å². The molecule has 27 heavy (non-hydrogen) atoms. The summed E-state index contributed by atoms with van der Waals surface area (Å²) in [6, 6.07) is 12.0. The lowest BCUT2D eigenvalue weighted by atomic mass is 10.3. The number of esters is 1.